The second kappa shape index (κ2) is 7.19. The molecule has 2 aromatic carbocycles. The van der Waals surface area contributed by atoms with Crippen molar-refractivity contribution >= 4 is 12.1 Å². The minimum Gasteiger partial charge on any atom is -0.486 e. The summed E-state index contributed by atoms with van der Waals surface area (Å²) in [4.78, 5) is 12.4. The predicted octanol–water partition coefficient (Wildman–Crippen LogP) is 3.63. The first-order valence-corrected chi connectivity index (χ1v) is 7.95. The average Bonchev–Trinajstić information content (AvgIpc) is 3.03. The Labute approximate surface area is 155 Å². The maximum atomic E-state index is 13.6. The second-order valence-corrected chi connectivity index (χ2v) is 6.00. The smallest absolute Gasteiger partial charge is 0.438 e. The quantitative estimate of drug-likeness (QED) is 0.798. The van der Waals surface area contributed by atoms with Crippen molar-refractivity contribution in [3.63, 3.8) is 0 Å². The first-order chi connectivity index (χ1) is 13.1. The number of hydrogen-bond acceptors (Lipinski definition) is 4. The zero-order chi connectivity index (χ0) is 20.5. The van der Waals surface area contributed by atoms with Gasteiger partial charge in [0.2, 0.25) is 0 Å². The Bertz CT molecular complexity index is 932. The largest absolute Gasteiger partial charge is 0.486 e. The summed E-state index contributed by atoms with van der Waals surface area (Å²) in [5.41, 5.74) is -3.26. The van der Waals surface area contributed by atoms with Gasteiger partial charge in [-0.2, -0.15) is 23.3 Å². The highest BCUT2D eigenvalue weighted by Gasteiger charge is 2.61. The van der Waals surface area contributed by atoms with Crippen LogP contribution in [0.3, 0.4) is 0 Å². The number of ether oxygens (including phenoxy) is 1. The zero-order valence-electron chi connectivity index (χ0n) is 14.1. The number of carbonyl (C=O) groups excluding carboxylic acids is 1. The third-order valence-corrected chi connectivity index (χ3v) is 4.03. The Morgan fingerprint density at radius 2 is 1.96 bits per heavy atom. The molecule has 148 valence electrons. The molecule has 10 heteroatoms. The Morgan fingerprint density at radius 1 is 1.21 bits per heavy atom. The lowest BCUT2D eigenvalue weighted by atomic mass is 10.1. The third-order valence-electron chi connectivity index (χ3n) is 4.03. The average molecular weight is 400 g/mol. The molecule has 2 aromatic rings. The van der Waals surface area contributed by atoms with Crippen LogP contribution in [0, 0.1) is 11.6 Å². The number of hydrogen-bond donors (Lipinski definition) is 1. The van der Waals surface area contributed by atoms with Gasteiger partial charge in [0.25, 0.3) is 11.6 Å². The summed E-state index contributed by atoms with van der Waals surface area (Å²) < 4.78 is 71.0. The van der Waals surface area contributed by atoms with Gasteiger partial charge in [-0.25, -0.2) is 8.78 Å². The van der Waals surface area contributed by atoms with Crippen molar-refractivity contribution in [1.29, 1.82) is 0 Å². The molecule has 0 aromatic heterocycles. The van der Waals surface area contributed by atoms with Crippen LogP contribution in [0.2, 0.25) is 0 Å². The number of amides is 1. The van der Waals surface area contributed by atoms with E-state index in [0.29, 0.717) is 11.6 Å². The molecule has 1 atom stereocenters. The number of halogens is 5. The van der Waals surface area contributed by atoms with Crippen LogP contribution in [0.4, 0.5) is 22.0 Å². The number of rotatable bonds is 4. The van der Waals surface area contributed by atoms with E-state index in [-0.39, 0.29) is 22.9 Å². The van der Waals surface area contributed by atoms with Gasteiger partial charge in [0.1, 0.15) is 12.4 Å². The first-order valence-electron chi connectivity index (χ1n) is 7.95. The van der Waals surface area contributed by atoms with Gasteiger partial charge in [-0.1, -0.05) is 12.1 Å². The summed E-state index contributed by atoms with van der Waals surface area (Å²) >= 11 is 0. The molecule has 1 heterocycles. The van der Waals surface area contributed by atoms with Crippen molar-refractivity contribution in [2.45, 2.75) is 24.9 Å². The van der Waals surface area contributed by atoms with Crippen LogP contribution in [-0.4, -0.2) is 34.1 Å². The molecule has 0 fully saturated rings. The molecule has 0 aliphatic carbocycles. The van der Waals surface area contributed by atoms with Crippen LogP contribution < -0.4 is 4.74 Å². The molecule has 0 spiro atoms. The SMILES string of the molecule is O=C(c1cccc(COc2ccc(F)cc2F)c1)N1N=CC[C@]1(O)C(F)(F)F. The zero-order valence-corrected chi connectivity index (χ0v) is 14.1. The highest BCUT2D eigenvalue weighted by molar-refractivity contribution is 5.96. The fourth-order valence-electron chi connectivity index (χ4n) is 2.56. The van der Waals surface area contributed by atoms with Crippen molar-refractivity contribution in [3.05, 3.63) is 65.2 Å². The van der Waals surface area contributed by atoms with Crippen LogP contribution >= 0.6 is 0 Å². The topological polar surface area (TPSA) is 62.1 Å². The number of alkyl halides is 3. The van der Waals surface area contributed by atoms with E-state index in [9.17, 15) is 31.9 Å². The normalized spacial score (nSPS) is 19.1. The van der Waals surface area contributed by atoms with Gasteiger partial charge in [-0.05, 0) is 29.8 Å². The maximum absolute atomic E-state index is 13.6. The predicted molar refractivity (Wildman–Crippen MR) is 87.4 cm³/mol. The Morgan fingerprint density at radius 3 is 2.64 bits per heavy atom. The number of aliphatic hydroxyl groups is 1. The number of carbonyl (C=O) groups is 1. The molecule has 1 amide bonds. The van der Waals surface area contributed by atoms with Gasteiger partial charge in [-0.3, -0.25) is 4.79 Å². The van der Waals surface area contributed by atoms with Gasteiger partial charge in [0.05, 0.1) is 0 Å². The summed E-state index contributed by atoms with van der Waals surface area (Å²) in [5, 5.41) is 13.2. The van der Waals surface area contributed by atoms with E-state index in [2.05, 4.69) is 5.10 Å². The maximum Gasteiger partial charge on any atom is 0.438 e. The highest BCUT2D eigenvalue weighted by Crippen LogP contribution is 2.39. The van der Waals surface area contributed by atoms with Crippen molar-refractivity contribution in [1.82, 2.24) is 5.01 Å². The van der Waals surface area contributed by atoms with E-state index in [1.165, 1.54) is 24.3 Å². The lowest BCUT2D eigenvalue weighted by Crippen LogP contribution is -2.56. The van der Waals surface area contributed by atoms with Crippen LogP contribution in [0.25, 0.3) is 0 Å². The van der Waals surface area contributed by atoms with Crippen molar-refractivity contribution in [2.24, 2.45) is 5.10 Å². The number of hydrazone groups is 1. The Kier molecular flexibility index (Phi) is 5.07. The second-order valence-electron chi connectivity index (χ2n) is 6.00. The third kappa shape index (κ3) is 3.68. The number of benzene rings is 2. The monoisotopic (exact) mass is 400 g/mol. The van der Waals surface area contributed by atoms with Crippen LogP contribution in [0.5, 0.6) is 5.75 Å². The van der Waals surface area contributed by atoms with E-state index >= 15 is 0 Å². The minimum absolute atomic E-state index is 0.0212. The molecule has 28 heavy (non-hydrogen) atoms. The van der Waals surface area contributed by atoms with Crippen LogP contribution in [-0.2, 0) is 6.61 Å². The summed E-state index contributed by atoms with van der Waals surface area (Å²) in [5.74, 6) is -3.09. The van der Waals surface area contributed by atoms with Crippen molar-refractivity contribution < 1.29 is 36.6 Å². The lowest BCUT2D eigenvalue weighted by Gasteiger charge is -2.32. The summed E-state index contributed by atoms with van der Waals surface area (Å²) in [6.45, 7) is -0.226. The molecule has 0 saturated carbocycles. The molecular weight excluding hydrogens is 387 g/mol. The van der Waals surface area contributed by atoms with Crippen molar-refractivity contribution in [3.8, 4) is 5.75 Å². The number of nitrogens with zero attached hydrogens (tertiary/aromatic N) is 2. The molecule has 3 rings (SSSR count). The van der Waals surface area contributed by atoms with E-state index in [1.807, 2.05) is 0 Å². The van der Waals surface area contributed by atoms with Gasteiger partial charge >= 0.3 is 6.18 Å². The molecule has 0 unspecified atom stereocenters. The van der Waals surface area contributed by atoms with Crippen molar-refractivity contribution in [2.75, 3.05) is 0 Å². The van der Waals surface area contributed by atoms with Crippen LogP contribution in [0.15, 0.2) is 47.6 Å². The summed E-state index contributed by atoms with van der Waals surface area (Å²) in [6, 6.07) is 8.09. The molecule has 5 nitrogen and oxygen atoms in total. The van der Waals surface area contributed by atoms with Crippen LogP contribution in [0.1, 0.15) is 22.3 Å². The fraction of sp³-hybridized carbons (Fsp3) is 0.222. The molecule has 1 aliphatic heterocycles. The molecular formula is C18H13F5N2O3. The van der Waals surface area contributed by atoms with Gasteiger partial charge in [-0.15, -0.1) is 0 Å². The molecule has 1 N–H and O–H groups in total. The summed E-state index contributed by atoms with van der Waals surface area (Å²) in [6.07, 6.45) is -5.18. The molecule has 0 bridgehead atoms. The molecule has 0 saturated heterocycles. The molecule has 1 aliphatic rings. The first kappa shape index (κ1) is 19.7. The van der Waals surface area contributed by atoms with Gasteiger partial charge < -0.3 is 9.84 Å². The van der Waals surface area contributed by atoms with Gasteiger partial charge in [0.15, 0.2) is 11.6 Å². The van der Waals surface area contributed by atoms with E-state index in [1.54, 1.807) is 0 Å². The van der Waals surface area contributed by atoms with E-state index < -0.39 is 35.9 Å². The summed E-state index contributed by atoms with van der Waals surface area (Å²) in [7, 11) is 0. The standard InChI is InChI=1S/C18H13F5N2O3/c19-13-4-5-15(14(20)9-13)28-10-11-2-1-3-12(8-11)16(26)25-17(27,6-7-24-25)18(21,22)23/h1-5,7-9,27H,6,10H2/t17-/m0/s1. The minimum atomic E-state index is -5.10. The Balaban J connectivity index is 1.77. The van der Waals surface area contributed by atoms with E-state index in [0.717, 1.165) is 18.3 Å². The highest BCUT2D eigenvalue weighted by atomic mass is 19.4. The lowest BCUT2D eigenvalue weighted by molar-refractivity contribution is -0.297. The fourth-order valence-corrected chi connectivity index (χ4v) is 2.56. The van der Waals surface area contributed by atoms with Gasteiger partial charge in [0, 0.05) is 24.3 Å². The van der Waals surface area contributed by atoms with E-state index in [4.69, 9.17) is 4.74 Å². The Hall–Kier alpha value is -3.01. The molecule has 0 radical (unpaired) electrons.